The fourth-order valence-electron chi connectivity index (χ4n) is 4.51. The first-order valence-electron chi connectivity index (χ1n) is 10.3. The Balaban J connectivity index is 1.81. The van der Waals surface area contributed by atoms with E-state index < -0.39 is 17.8 Å². The van der Waals surface area contributed by atoms with Gasteiger partial charge in [0.2, 0.25) is 0 Å². The number of benzene rings is 2. The summed E-state index contributed by atoms with van der Waals surface area (Å²) < 4.78 is 5.34. The van der Waals surface area contributed by atoms with Gasteiger partial charge in [0.1, 0.15) is 5.78 Å². The van der Waals surface area contributed by atoms with Gasteiger partial charge in [-0.05, 0) is 49.2 Å². The van der Waals surface area contributed by atoms with Crippen molar-refractivity contribution in [1.82, 2.24) is 5.32 Å². The third kappa shape index (κ3) is 4.28. The molecule has 31 heavy (non-hydrogen) atoms. The molecule has 0 bridgehead atoms. The summed E-state index contributed by atoms with van der Waals surface area (Å²) in [4.78, 5) is 26.3. The number of Topliss-reactive ketones (excluding diaryl/α,β-unsaturated/α-hetero) is 1. The van der Waals surface area contributed by atoms with Crippen LogP contribution in [0.4, 0.5) is 0 Å². The second-order valence-corrected chi connectivity index (χ2v) is 8.71. The largest absolute Gasteiger partial charge is 0.463 e. The van der Waals surface area contributed by atoms with Crippen molar-refractivity contribution in [2.75, 3.05) is 6.61 Å². The zero-order valence-corrected chi connectivity index (χ0v) is 18.8. The van der Waals surface area contributed by atoms with Crippen molar-refractivity contribution in [3.8, 4) is 0 Å². The molecule has 0 saturated heterocycles. The number of fused-ring (bicyclic) bond motifs is 1. The highest BCUT2D eigenvalue weighted by molar-refractivity contribution is 6.30. The molecule has 0 radical (unpaired) electrons. The predicted molar refractivity (Wildman–Crippen MR) is 122 cm³/mol. The average molecular weight is 456 g/mol. The molecule has 1 aliphatic carbocycles. The number of hydrogen-bond acceptors (Lipinski definition) is 4. The number of allylic oxidation sites excluding steroid dienone is 3. The number of hydrogen-bond donors (Lipinski definition) is 1. The van der Waals surface area contributed by atoms with Crippen LogP contribution in [0.5, 0.6) is 0 Å². The minimum atomic E-state index is -0.479. The predicted octanol–water partition coefficient (Wildman–Crippen LogP) is 5.77. The molecule has 6 heteroatoms. The van der Waals surface area contributed by atoms with Crippen molar-refractivity contribution in [2.24, 2.45) is 5.92 Å². The second kappa shape index (κ2) is 8.89. The molecule has 1 heterocycles. The van der Waals surface area contributed by atoms with E-state index in [-0.39, 0.29) is 18.3 Å². The Morgan fingerprint density at radius 3 is 2.16 bits per heavy atom. The van der Waals surface area contributed by atoms with E-state index in [1.807, 2.05) is 43.3 Å². The van der Waals surface area contributed by atoms with Crippen LogP contribution in [-0.4, -0.2) is 18.4 Å². The number of ketones is 1. The van der Waals surface area contributed by atoms with Crippen LogP contribution in [0.1, 0.15) is 43.2 Å². The molecule has 0 fully saturated rings. The normalized spacial score (nSPS) is 23.0. The van der Waals surface area contributed by atoms with Crippen LogP contribution >= 0.6 is 23.2 Å². The molecule has 0 spiro atoms. The van der Waals surface area contributed by atoms with Crippen molar-refractivity contribution in [1.29, 1.82) is 0 Å². The maximum atomic E-state index is 13.5. The summed E-state index contributed by atoms with van der Waals surface area (Å²) >= 11 is 12.1. The van der Waals surface area contributed by atoms with E-state index in [0.29, 0.717) is 27.7 Å². The molecule has 4 rings (SSSR count). The molecule has 0 amide bonds. The fraction of sp³-hybridized carbons (Fsp3) is 0.280. The maximum Gasteiger partial charge on any atom is 0.336 e. The monoisotopic (exact) mass is 455 g/mol. The Kier molecular flexibility index (Phi) is 6.22. The van der Waals surface area contributed by atoms with Crippen LogP contribution in [0.25, 0.3) is 0 Å². The van der Waals surface area contributed by atoms with E-state index in [0.717, 1.165) is 16.8 Å². The minimum absolute atomic E-state index is 0.0497. The van der Waals surface area contributed by atoms with Gasteiger partial charge in [0.05, 0.1) is 18.1 Å². The first-order chi connectivity index (χ1) is 14.9. The van der Waals surface area contributed by atoms with Gasteiger partial charge in [0.15, 0.2) is 0 Å². The molecule has 2 aromatic carbocycles. The number of carbonyl (C=O) groups is 2. The van der Waals surface area contributed by atoms with Crippen molar-refractivity contribution >= 4 is 35.0 Å². The van der Waals surface area contributed by atoms with Crippen molar-refractivity contribution in [2.45, 2.75) is 32.1 Å². The average Bonchev–Trinajstić information content (AvgIpc) is 2.74. The molecule has 0 saturated carbocycles. The van der Waals surface area contributed by atoms with Crippen molar-refractivity contribution in [3.05, 3.63) is 92.7 Å². The number of halogens is 2. The molecule has 3 unspecified atom stereocenters. The summed E-state index contributed by atoms with van der Waals surface area (Å²) in [7, 11) is 0. The summed E-state index contributed by atoms with van der Waals surface area (Å²) in [5, 5.41) is 4.59. The maximum absolute atomic E-state index is 13.5. The molecule has 0 aromatic heterocycles. The van der Waals surface area contributed by atoms with E-state index >= 15 is 0 Å². The lowest BCUT2D eigenvalue weighted by Crippen LogP contribution is -2.41. The highest BCUT2D eigenvalue weighted by Gasteiger charge is 2.44. The zero-order chi connectivity index (χ0) is 22.1. The lowest BCUT2D eigenvalue weighted by Gasteiger charge is -2.39. The lowest BCUT2D eigenvalue weighted by molar-refractivity contribution is -0.139. The number of ether oxygens (including phenoxy) is 1. The summed E-state index contributed by atoms with van der Waals surface area (Å²) in [6, 6.07) is 14.9. The summed E-state index contributed by atoms with van der Waals surface area (Å²) in [5.74, 6) is -1.28. The molecular weight excluding hydrogens is 433 g/mol. The Bertz CT molecular complexity index is 1070. The number of rotatable bonds is 4. The van der Waals surface area contributed by atoms with Gasteiger partial charge in [0, 0.05) is 39.7 Å². The highest BCUT2D eigenvalue weighted by atomic mass is 35.5. The van der Waals surface area contributed by atoms with Gasteiger partial charge in [-0.2, -0.15) is 0 Å². The Morgan fingerprint density at radius 1 is 1.00 bits per heavy atom. The van der Waals surface area contributed by atoms with Gasteiger partial charge >= 0.3 is 5.97 Å². The van der Waals surface area contributed by atoms with Crippen LogP contribution in [0.15, 0.2) is 71.6 Å². The van der Waals surface area contributed by atoms with Crippen LogP contribution < -0.4 is 5.32 Å². The first kappa shape index (κ1) is 21.7. The molecule has 1 N–H and O–H groups in total. The quantitative estimate of drug-likeness (QED) is 0.594. The summed E-state index contributed by atoms with van der Waals surface area (Å²) in [6.07, 6.45) is 2.46. The molecule has 1 aliphatic heterocycles. The third-order valence-corrected chi connectivity index (χ3v) is 6.39. The Hall–Kier alpha value is -2.56. The summed E-state index contributed by atoms with van der Waals surface area (Å²) in [6.45, 7) is 3.89. The Labute approximate surface area is 191 Å². The zero-order valence-electron chi connectivity index (χ0n) is 17.3. The SMILES string of the molecule is CCOC(=O)C1=C(C)NC2=CC(c3ccc(Cl)cc3)CC(=O)C2C1c1ccc(Cl)cc1. The van der Waals surface area contributed by atoms with Crippen molar-refractivity contribution < 1.29 is 14.3 Å². The van der Waals surface area contributed by atoms with Gasteiger partial charge in [-0.25, -0.2) is 4.79 Å². The van der Waals surface area contributed by atoms with Gasteiger partial charge in [-0.15, -0.1) is 0 Å². The second-order valence-electron chi connectivity index (χ2n) is 7.84. The Morgan fingerprint density at radius 2 is 1.58 bits per heavy atom. The van der Waals surface area contributed by atoms with E-state index in [9.17, 15) is 9.59 Å². The standard InChI is InChI=1S/C25H23Cl2NO3/c1-3-31-25(30)22-14(2)28-20-12-17(15-4-8-18(26)9-5-15)13-21(29)24(20)23(22)16-6-10-19(27)11-7-16/h4-12,17,23-24,28H,3,13H2,1-2H3. The lowest BCUT2D eigenvalue weighted by atomic mass is 9.68. The van der Waals surface area contributed by atoms with Crippen LogP contribution in [0, 0.1) is 5.92 Å². The van der Waals surface area contributed by atoms with Gasteiger partial charge < -0.3 is 10.1 Å². The molecular formula is C25H23Cl2NO3. The molecule has 2 aromatic rings. The van der Waals surface area contributed by atoms with E-state index in [1.165, 1.54) is 0 Å². The van der Waals surface area contributed by atoms with Crippen LogP contribution in [-0.2, 0) is 14.3 Å². The molecule has 4 nitrogen and oxygen atoms in total. The van der Waals surface area contributed by atoms with E-state index in [1.54, 1.807) is 19.1 Å². The fourth-order valence-corrected chi connectivity index (χ4v) is 4.76. The topological polar surface area (TPSA) is 55.4 Å². The van der Waals surface area contributed by atoms with E-state index in [2.05, 4.69) is 11.4 Å². The number of esters is 1. The molecule has 3 atom stereocenters. The highest BCUT2D eigenvalue weighted by Crippen LogP contribution is 2.46. The summed E-state index contributed by atoms with van der Waals surface area (Å²) in [5.41, 5.74) is 3.91. The molecule has 160 valence electrons. The van der Waals surface area contributed by atoms with Crippen LogP contribution in [0.2, 0.25) is 10.0 Å². The number of carbonyl (C=O) groups excluding carboxylic acids is 2. The number of nitrogens with one attached hydrogen (secondary N) is 1. The molecule has 2 aliphatic rings. The third-order valence-electron chi connectivity index (χ3n) is 5.89. The first-order valence-corrected chi connectivity index (χ1v) is 11.0. The van der Waals surface area contributed by atoms with Crippen molar-refractivity contribution in [3.63, 3.8) is 0 Å². The van der Waals surface area contributed by atoms with Gasteiger partial charge in [-0.3, -0.25) is 4.79 Å². The van der Waals surface area contributed by atoms with Crippen LogP contribution in [0.3, 0.4) is 0 Å². The van der Waals surface area contributed by atoms with Gasteiger partial charge in [-0.1, -0.05) is 53.5 Å². The minimum Gasteiger partial charge on any atom is -0.463 e. The van der Waals surface area contributed by atoms with E-state index in [4.69, 9.17) is 27.9 Å². The smallest absolute Gasteiger partial charge is 0.336 e. The van der Waals surface area contributed by atoms with Gasteiger partial charge in [0.25, 0.3) is 0 Å².